The number of hydrogen-bond donors (Lipinski definition) is 2. The van der Waals surface area contributed by atoms with Crippen molar-refractivity contribution in [3.05, 3.63) is 23.5 Å². The topological polar surface area (TPSA) is 48.1 Å². The minimum Gasteiger partial charge on any atom is -0.365 e. The molecule has 2 heterocycles. The van der Waals surface area contributed by atoms with Crippen molar-refractivity contribution >= 4 is 5.91 Å². The number of piperidine rings is 1. The van der Waals surface area contributed by atoms with E-state index in [0.29, 0.717) is 12.3 Å². The summed E-state index contributed by atoms with van der Waals surface area (Å²) in [5.74, 6) is 0.901. The Bertz CT molecular complexity index is 391. The molecule has 1 aromatic heterocycles. The van der Waals surface area contributed by atoms with Gasteiger partial charge in [0.15, 0.2) is 0 Å². The highest BCUT2D eigenvalue weighted by Crippen LogP contribution is 2.29. The van der Waals surface area contributed by atoms with Crippen molar-refractivity contribution in [2.75, 3.05) is 26.7 Å². The van der Waals surface area contributed by atoms with Crippen LogP contribution in [0.15, 0.2) is 12.3 Å². The van der Waals surface area contributed by atoms with E-state index in [4.69, 9.17) is 0 Å². The maximum atomic E-state index is 11.9. The summed E-state index contributed by atoms with van der Waals surface area (Å²) < 4.78 is 0. The number of nitrogens with zero attached hydrogens (tertiary/aromatic N) is 1. The number of likely N-dealkylation sites (tertiary alicyclic amines) is 1. The maximum absolute atomic E-state index is 11.9. The predicted molar refractivity (Wildman–Crippen MR) is 72.6 cm³/mol. The molecule has 2 N–H and O–H groups in total. The number of amides is 1. The quantitative estimate of drug-likeness (QED) is 0.852. The van der Waals surface area contributed by atoms with E-state index in [9.17, 15) is 4.79 Å². The minimum absolute atomic E-state index is 0.286. The van der Waals surface area contributed by atoms with E-state index in [0.717, 1.165) is 32.5 Å². The Kier molecular flexibility index (Phi) is 4.42. The molecule has 1 aromatic rings. The van der Waals surface area contributed by atoms with Gasteiger partial charge in [-0.25, -0.2) is 0 Å². The fourth-order valence-corrected chi connectivity index (χ4v) is 2.74. The standard InChI is InChI=1S/C14H23N3O/c1-11-13(3-8-16-11)12-5-9-17(10-6-12)14(18)4-7-15-2/h3,8,12,15-16H,4-7,9-10H2,1-2H3. The first-order valence-electron chi connectivity index (χ1n) is 6.78. The normalized spacial score (nSPS) is 17.1. The molecular weight excluding hydrogens is 226 g/mol. The summed E-state index contributed by atoms with van der Waals surface area (Å²) in [5.41, 5.74) is 2.70. The van der Waals surface area contributed by atoms with E-state index in [1.54, 1.807) is 0 Å². The summed E-state index contributed by atoms with van der Waals surface area (Å²) in [5, 5.41) is 3.02. The second-order valence-corrected chi connectivity index (χ2v) is 5.07. The van der Waals surface area contributed by atoms with E-state index >= 15 is 0 Å². The summed E-state index contributed by atoms with van der Waals surface area (Å²) in [4.78, 5) is 17.1. The molecule has 0 unspecified atom stereocenters. The van der Waals surface area contributed by atoms with Gasteiger partial charge in [-0.1, -0.05) is 0 Å². The van der Waals surface area contributed by atoms with Crippen molar-refractivity contribution < 1.29 is 4.79 Å². The van der Waals surface area contributed by atoms with Gasteiger partial charge in [0.1, 0.15) is 0 Å². The Morgan fingerprint density at radius 2 is 2.22 bits per heavy atom. The van der Waals surface area contributed by atoms with E-state index in [-0.39, 0.29) is 5.91 Å². The third-order valence-corrected chi connectivity index (χ3v) is 3.87. The van der Waals surface area contributed by atoms with Gasteiger partial charge in [-0.2, -0.15) is 0 Å². The lowest BCUT2D eigenvalue weighted by Crippen LogP contribution is -2.38. The zero-order valence-corrected chi connectivity index (χ0v) is 11.3. The molecule has 1 amide bonds. The first-order chi connectivity index (χ1) is 8.72. The number of carbonyl (C=O) groups is 1. The Labute approximate surface area is 109 Å². The number of H-pyrrole nitrogens is 1. The van der Waals surface area contributed by atoms with Crippen LogP contribution in [0.4, 0.5) is 0 Å². The summed E-state index contributed by atoms with van der Waals surface area (Å²) in [6, 6.07) is 2.18. The van der Waals surface area contributed by atoms with Crippen LogP contribution in [0.25, 0.3) is 0 Å². The van der Waals surface area contributed by atoms with Gasteiger partial charge in [0.05, 0.1) is 0 Å². The molecule has 0 atom stereocenters. The molecule has 0 bridgehead atoms. The Balaban J connectivity index is 1.85. The van der Waals surface area contributed by atoms with E-state index in [2.05, 4.69) is 23.3 Å². The fourth-order valence-electron chi connectivity index (χ4n) is 2.74. The fraction of sp³-hybridized carbons (Fsp3) is 0.643. The molecule has 1 aliphatic rings. The van der Waals surface area contributed by atoms with Gasteiger partial charge in [-0.15, -0.1) is 0 Å². The Morgan fingerprint density at radius 3 is 2.78 bits per heavy atom. The molecule has 0 aliphatic carbocycles. The molecule has 4 heteroatoms. The predicted octanol–water partition coefficient (Wildman–Crippen LogP) is 1.64. The van der Waals surface area contributed by atoms with Gasteiger partial charge >= 0.3 is 0 Å². The number of aromatic nitrogens is 1. The number of carbonyl (C=O) groups excluding carboxylic acids is 1. The van der Waals surface area contributed by atoms with Crippen LogP contribution in [0.3, 0.4) is 0 Å². The van der Waals surface area contributed by atoms with Crippen LogP contribution in [-0.2, 0) is 4.79 Å². The lowest BCUT2D eigenvalue weighted by Gasteiger charge is -2.32. The van der Waals surface area contributed by atoms with Crippen molar-refractivity contribution in [3.63, 3.8) is 0 Å². The molecule has 1 aliphatic heterocycles. The summed E-state index contributed by atoms with van der Waals surface area (Å²) in [7, 11) is 1.88. The van der Waals surface area contributed by atoms with Crippen LogP contribution in [-0.4, -0.2) is 42.5 Å². The lowest BCUT2D eigenvalue weighted by molar-refractivity contribution is -0.132. The molecule has 100 valence electrons. The number of aryl methyl sites for hydroxylation is 1. The highest BCUT2D eigenvalue weighted by molar-refractivity contribution is 5.76. The monoisotopic (exact) mass is 249 g/mol. The first-order valence-corrected chi connectivity index (χ1v) is 6.78. The average molecular weight is 249 g/mol. The van der Waals surface area contributed by atoms with E-state index < -0.39 is 0 Å². The SMILES string of the molecule is CNCCC(=O)N1CCC(c2cc[nH]c2C)CC1. The number of rotatable bonds is 4. The minimum atomic E-state index is 0.286. The van der Waals surface area contributed by atoms with Gasteiger partial charge in [-0.3, -0.25) is 4.79 Å². The van der Waals surface area contributed by atoms with Gasteiger partial charge in [0, 0.05) is 37.9 Å². The Hall–Kier alpha value is -1.29. The molecule has 2 rings (SSSR count). The van der Waals surface area contributed by atoms with Gasteiger partial charge < -0.3 is 15.2 Å². The highest BCUT2D eigenvalue weighted by atomic mass is 16.2. The van der Waals surface area contributed by atoms with Gasteiger partial charge in [0.25, 0.3) is 0 Å². The Morgan fingerprint density at radius 1 is 1.50 bits per heavy atom. The smallest absolute Gasteiger partial charge is 0.223 e. The number of hydrogen-bond acceptors (Lipinski definition) is 2. The lowest BCUT2D eigenvalue weighted by atomic mass is 9.89. The van der Waals surface area contributed by atoms with Crippen molar-refractivity contribution in [1.82, 2.24) is 15.2 Å². The zero-order valence-electron chi connectivity index (χ0n) is 11.3. The van der Waals surface area contributed by atoms with E-state index in [1.165, 1.54) is 11.3 Å². The number of nitrogens with one attached hydrogen (secondary N) is 2. The highest BCUT2D eigenvalue weighted by Gasteiger charge is 2.24. The molecule has 0 aromatic carbocycles. The van der Waals surface area contributed by atoms with Crippen molar-refractivity contribution in [2.24, 2.45) is 0 Å². The van der Waals surface area contributed by atoms with Gasteiger partial charge in [-0.05, 0) is 44.4 Å². The molecule has 1 fully saturated rings. The van der Waals surface area contributed by atoms with Crippen LogP contribution in [0.2, 0.25) is 0 Å². The van der Waals surface area contributed by atoms with Crippen LogP contribution < -0.4 is 5.32 Å². The molecule has 4 nitrogen and oxygen atoms in total. The summed E-state index contributed by atoms with van der Waals surface area (Å²) >= 11 is 0. The van der Waals surface area contributed by atoms with Crippen LogP contribution in [0, 0.1) is 6.92 Å². The third-order valence-electron chi connectivity index (χ3n) is 3.87. The van der Waals surface area contributed by atoms with Crippen molar-refractivity contribution in [1.29, 1.82) is 0 Å². The van der Waals surface area contributed by atoms with E-state index in [1.807, 2.05) is 18.1 Å². The van der Waals surface area contributed by atoms with Crippen LogP contribution in [0.5, 0.6) is 0 Å². The maximum Gasteiger partial charge on any atom is 0.223 e. The molecular formula is C14H23N3O. The second-order valence-electron chi connectivity index (χ2n) is 5.07. The largest absolute Gasteiger partial charge is 0.365 e. The molecule has 1 saturated heterocycles. The summed E-state index contributed by atoms with van der Waals surface area (Å²) in [6.45, 7) is 4.70. The second kappa shape index (κ2) is 6.05. The molecule has 0 saturated carbocycles. The number of aromatic amines is 1. The summed E-state index contributed by atoms with van der Waals surface area (Å²) in [6.07, 6.45) is 4.80. The molecule has 18 heavy (non-hydrogen) atoms. The van der Waals surface area contributed by atoms with Crippen molar-refractivity contribution in [2.45, 2.75) is 32.1 Å². The third kappa shape index (κ3) is 2.93. The van der Waals surface area contributed by atoms with Crippen molar-refractivity contribution in [3.8, 4) is 0 Å². The van der Waals surface area contributed by atoms with Gasteiger partial charge in [0.2, 0.25) is 5.91 Å². The average Bonchev–Trinajstić information content (AvgIpc) is 2.82. The molecule has 0 spiro atoms. The zero-order chi connectivity index (χ0) is 13.0. The first kappa shape index (κ1) is 13.1. The molecule has 0 radical (unpaired) electrons. The van der Waals surface area contributed by atoms with Crippen LogP contribution in [0.1, 0.15) is 36.4 Å². The van der Waals surface area contributed by atoms with Crippen LogP contribution >= 0.6 is 0 Å².